The van der Waals surface area contributed by atoms with Crippen LogP contribution in [0.2, 0.25) is 0 Å². The fourth-order valence-electron chi connectivity index (χ4n) is 2.64. The number of hydrogen-bond acceptors (Lipinski definition) is 4. The van der Waals surface area contributed by atoms with E-state index in [2.05, 4.69) is 27.2 Å². The Labute approximate surface area is 113 Å². The molecule has 2 N–H and O–H groups in total. The van der Waals surface area contributed by atoms with Crippen molar-refractivity contribution < 1.29 is 4.42 Å². The molecule has 1 unspecified atom stereocenters. The number of imidazole rings is 1. The van der Waals surface area contributed by atoms with E-state index in [1.54, 1.807) is 6.33 Å². The summed E-state index contributed by atoms with van der Waals surface area (Å²) < 4.78 is 5.61. The number of aromatic nitrogens is 2. The first-order valence-corrected chi connectivity index (χ1v) is 6.69. The van der Waals surface area contributed by atoms with Gasteiger partial charge < -0.3 is 14.7 Å². The smallest absolute Gasteiger partial charge is 0.118 e. The van der Waals surface area contributed by atoms with Gasteiger partial charge in [-0.1, -0.05) is 0 Å². The summed E-state index contributed by atoms with van der Waals surface area (Å²) in [5.41, 5.74) is 2.42. The van der Waals surface area contributed by atoms with Crippen LogP contribution in [0.5, 0.6) is 0 Å². The molecule has 0 fully saturated rings. The van der Waals surface area contributed by atoms with E-state index in [9.17, 15) is 0 Å². The number of H-pyrrole nitrogens is 1. The largest absolute Gasteiger partial charge is 0.465 e. The van der Waals surface area contributed by atoms with Crippen molar-refractivity contribution in [3.63, 3.8) is 0 Å². The van der Waals surface area contributed by atoms with Gasteiger partial charge in [-0.2, -0.15) is 0 Å². The van der Waals surface area contributed by atoms with Crippen molar-refractivity contribution >= 4 is 0 Å². The summed E-state index contributed by atoms with van der Waals surface area (Å²) in [6.45, 7) is 4.70. The number of nitrogens with one attached hydrogen (secondary N) is 2. The van der Waals surface area contributed by atoms with Crippen molar-refractivity contribution in [2.75, 3.05) is 13.6 Å². The second kappa shape index (κ2) is 5.19. The number of likely N-dealkylation sites (N-methyl/N-ethyl adjacent to an activating group) is 1. The molecule has 0 saturated carbocycles. The molecule has 0 bridgehead atoms. The summed E-state index contributed by atoms with van der Waals surface area (Å²) in [7, 11) is 2.12. The zero-order valence-corrected chi connectivity index (χ0v) is 11.4. The Hall–Kier alpha value is -1.59. The van der Waals surface area contributed by atoms with Gasteiger partial charge in [0.05, 0.1) is 24.3 Å². The number of hydrogen-bond donors (Lipinski definition) is 2. The third-order valence-electron chi connectivity index (χ3n) is 3.57. The van der Waals surface area contributed by atoms with Crippen molar-refractivity contribution in [1.29, 1.82) is 0 Å². The van der Waals surface area contributed by atoms with Gasteiger partial charge in [-0.25, -0.2) is 4.98 Å². The van der Waals surface area contributed by atoms with Crippen LogP contribution < -0.4 is 5.32 Å². The van der Waals surface area contributed by atoms with Crippen LogP contribution in [0, 0.1) is 6.92 Å². The van der Waals surface area contributed by atoms with E-state index in [1.807, 2.05) is 19.1 Å². The molecule has 0 aliphatic carbocycles. The van der Waals surface area contributed by atoms with Gasteiger partial charge in [-0.3, -0.25) is 4.90 Å². The van der Waals surface area contributed by atoms with Crippen LogP contribution >= 0.6 is 0 Å². The quantitative estimate of drug-likeness (QED) is 0.874. The number of furan rings is 1. The minimum atomic E-state index is 0.455. The second-order valence-electron chi connectivity index (χ2n) is 5.32. The molecular weight excluding hydrogens is 240 g/mol. The Balaban J connectivity index is 1.54. The van der Waals surface area contributed by atoms with E-state index < -0.39 is 0 Å². The molecule has 5 heteroatoms. The molecule has 1 aliphatic rings. The Morgan fingerprint density at radius 2 is 2.37 bits per heavy atom. The van der Waals surface area contributed by atoms with Crippen LogP contribution in [0.3, 0.4) is 0 Å². The summed E-state index contributed by atoms with van der Waals surface area (Å²) in [5.74, 6) is 2.00. The van der Waals surface area contributed by atoms with Crippen LogP contribution in [-0.4, -0.2) is 34.5 Å². The van der Waals surface area contributed by atoms with Gasteiger partial charge in [0.15, 0.2) is 0 Å². The lowest BCUT2D eigenvalue weighted by atomic mass is 10.1. The van der Waals surface area contributed by atoms with E-state index in [4.69, 9.17) is 4.42 Å². The highest BCUT2D eigenvalue weighted by atomic mass is 16.3. The van der Waals surface area contributed by atoms with E-state index in [-0.39, 0.29) is 0 Å². The SMILES string of the molecule is Cc1ccc(CN(C)CC2Cc3nc[nH]c3CN2)o1. The number of aromatic amines is 1. The third-order valence-corrected chi connectivity index (χ3v) is 3.57. The molecule has 19 heavy (non-hydrogen) atoms. The Morgan fingerprint density at radius 1 is 1.47 bits per heavy atom. The minimum Gasteiger partial charge on any atom is -0.465 e. The predicted octanol–water partition coefficient (Wildman–Crippen LogP) is 1.46. The molecule has 102 valence electrons. The highest BCUT2D eigenvalue weighted by Crippen LogP contribution is 2.14. The molecule has 3 rings (SSSR count). The van der Waals surface area contributed by atoms with Gasteiger partial charge in [-0.15, -0.1) is 0 Å². The summed E-state index contributed by atoms with van der Waals surface area (Å²) in [4.78, 5) is 9.83. The lowest BCUT2D eigenvalue weighted by Crippen LogP contribution is -2.43. The Bertz CT molecular complexity index is 545. The summed E-state index contributed by atoms with van der Waals surface area (Å²) in [6.07, 6.45) is 2.77. The standard InChI is InChI=1S/C14H20N4O/c1-10-3-4-12(19-10)8-18(2)7-11-5-13-14(6-15-11)17-9-16-13/h3-4,9,11,15H,5-8H2,1-2H3,(H,16,17). The van der Waals surface area contributed by atoms with E-state index >= 15 is 0 Å². The van der Waals surface area contributed by atoms with Crippen LogP contribution in [0.15, 0.2) is 22.9 Å². The Kier molecular flexibility index (Phi) is 3.40. The fourth-order valence-corrected chi connectivity index (χ4v) is 2.64. The van der Waals surface area contributed by atoms with Gasteiger partial charge in [0.25, 0.3) is 0 Å². The molecule has 0 radical (unpaired) electrons. The maximum atomic E-state index is 5.61. The molecule has 0 aromatic carbocycles. The average Bonchev–Trinajstić information content (AvgIpc) is 2.97. The Morgan fingerprint density at radius 3 is 3.16 bits per heavy atom. The van der Waals surface area contributed by atoms with E-state index in [0.29, 0.717) is 6.04 Å². The first kappa shape index (κ1) is 12.4. The molecular formula is C14H20N4O. The second-order valence-corrected chi connectivity index (χ2v) is 5.32. The van der Waals surface area contributed by atoms with Crippen LogP contribution in [-0.2, 0) is 19.5 Å². The molecule has 2 aromatic rings. The van der Waals surface area contributed by atoms with Crippen molar-refractivity contribution in [1.82, 2.24) is 20.2 Å². The zero-order chi connectivity index (χ0) is 13.2. The first-order chi connectivity index (χ1) is 9.20. The number of aryl methyl sites for hydroxylation is 1. The van der Waals surface area contributed by atoms with Crippen molar-refractivity contribution in [2.45, 2.75) is 32.5 Å². The highest BCUT2D eigenvalue weighted by Gasteiger charge is 2.21. The normalized spacial score (nSPS) is 18.8. The van der Waals surface area contributed by atoms with Crippen LogP contribution in [0.4, 0.5) is 0 Å². The highest BCUT2D eigenvalue weighted by molar-refractivity contribution is 5.16. The van der Waals surface area contributed by atoms with Gasteiger partial charge >= 0.3 is 0 Å². The summed E-state index contributed by atoms with van der Waals surface area (Å²) >= 11 is 0. The van der Waals surface area contributed by atoms with E-state index in [1.165, 1.54) is 11.4 Å². The van der Waals surface area contributed by atoms with Crippen LogP contribution in [0.1, 0.15) is 22.9 Å². The molecule has 3 heterocycles. The fraction of sp³-hybridized carbons (Fsp3) is 0.500. The van der Waals surface area contributed by atoms with Gasteiger partial charge in [-0.05, 0) is 26.1 Å². The minimum absolute atomic E-state index is 0.455. The third kappa shape index (κ3) is 2.88. The van der Waals surface area contributed by atoms with Crippen molar-refractivity contribution in [3.05, 3.63) is 41.4 Å². The summed E-state index contributed by atoms with van der Waals surface area (Å²) in [6, 6.07) is 4.51. The molecule has 0 amide bonds. The van der Waals surface area contributed by atoms with E-state index in [0.717, 1.165) is 37.6 Å². The average molecular weight is 260 g/mol. The summed E-state index contributed by atoms with van der Waals surface area (Å²) in [5, 5.41) is 3.54. The number of fused-ring (bicyclic) bond motifs is 1. The first-order valence-electron chi connectivity index (χ1n) is 6.69. The maximum absolute atomic E-state index is 5.61. The molecule has 0 saturated heterocycles. The van der Waals surface area contributed by atoms with Crippen LogP contribution in [0.25, 0.3) is 0 Å². The molecule has 1 aliphatic heterocycles. The molecule has 1 atom stereocenters. The lowest BCUT2D eigenvalue weighted by molar-refractivity contribution is 0.252. The van der Waals surface area contributed by atoms with Gasteiger partial charge in [0.1, 0.15) is 11.5 Å². The number of nitrogens with zero attached hydrogens (tertiary/aromatic N) is 2. The number of rotatable bonds is 4. The van der Waals surface area contributed by atoms with Crippen molar-refractivity contribution in [2.24, 2.45) is 0 Å². The zero-order valence-electron chi connectivity index (χ0n) is 11.4. The topological polar surface area (TPSA) is 57.1 Å². The van der Waals surface area contributed by atoms with Crippen molar-refractivity contribution in [3.8, 4) is 0 Å². The molecule has 5 nitrogen and oxygen atoms in total. The predicted molar refractivity (Wildman–Crippen MR) is 72.7 cm³/mol. The molecule has 2 aromatic heterocycles. The monoisotopic (exact) mass is 260 g/mol. The maximum Gasteiger partial charge on any atom is 0.118 e. The van der Waals surface area contributed by atoms with Gasteiger partial charge in [0, 0.05) is 25.6 Å². The molecule has 0 spiro atoms. The van der Waals surface area contributed by atoms with Gasteiger partial charge in [0.2, 0.25) is 0 Å². The lowest BCUT2D eigenvalue weighted by Gasteiger charge is -2.27.